The van der Waals surface area contributed by atoms with E-state index in [4.69, 9.17) is 14.2 Å². The van der Waals surface area contributed by atoms with Crippen molar-refractivity contribution in [1.82, 2.24) is 4.90 Å². The second-order valence-corrected chi connectivity index (χ2v) is 8.40. The highest BCUT2D eigenvalue weighted by molar-refractivity contribution is 6.07. The van der Waals surface area contributed by atoms with Gasteiger partial charge in [-0.2, -0.15) is 0 Å². The molecule has 8 heteroatoms. The second kappa shape index (κ2) is 10.1. The van der Waals surface area contributed by atoms with Crippen molar-refractivity contribution in [3.05, 3.63) is 78.5 Å². The first-order chi connectivity index (χ1) is 16.9. The fourth-order valence-corrected chi connectivity index (χ4v) is 4.75. The van der Waals surface area contributed by atoms with E-state index in [0.29, 0.717) is 12.0 Å². The molecule has 0 aliphatic carbocycles. The Kier molecular flexibility index (Phi) is 7.02. The largest absolute Gasteiger partial charge is 0.508 e. The normalized spacial score (nSPS) is 19.6. The van der Waals surface area contributed by atoms with Crippen molar-refractivity contribution in [3.8, 4) is 0 Å². The summed E-state index contributed by atoms with van der Waals surface area (Å²) in [4.78, 5) is 39.5. The molecule has 1 amide bonds. The molecule has 1 N–H and O–H groups in total. The molecule has 0 unspecified atom stereocenters. The molecule has 8 nitrogen and oxygen atoms in total. The molecule has 2 aliphatic rings. The van der Waals surface area contributed by atoms with Crippen LogP contribution in [-0.4, -0.2) is 53.4 Å². The van der Waals surface area contributed by atoms with Gasteiger partial charge in [-0.05, 0) is 46.9 Å². The molecular weight excluding hydrogens is 450 g/mol. The van der Waals surface area contributed by atoms with Gasteiger partial charge in [0.25, 0.3) is 0 Å². The molecule has 0 saturated carbocycles. The van der Waals surface area contributed by atoms with Gasteiger partial charge in [-0.25, -0.2) is 9.59 Å². The third kappa shape index (κ3) is 4.44. The van der Waals surface area contributed by atoms with Gasteiger partial charge >= 0.3 is 12.1 Å². The van der Waals surface area contributed by atoms with Crippen LogP contribution in [0.25, 0.3) is 16.3 Å². The van der Waals surface area contributed by atoms with Crippen LogP contribution in [0.15, 0.2) is 67.4 Å². The zero-order valence-corrected chi connectivity index (χ0v) is 19.4. The van der Waals surface area contributed by atoms with Crippen LogP contribution in [0, 0.1) is 5.92 Å². The van der Waals surface area contributed by atoms with Crippen molar-refractivity contribution in [2.24, 2.45) is 5.92 Å². The Hall–Kier alpha value is -3.91. The fourth-order valence-electron chi connectivity index (χ4n) is 4.75. The predicted molar refractivity (Wildman–Crippen MR) is 129 cm³/mol. The molecule has 35 heavy (non-hydrogen) atoms. The Morgan fingerprint density at radius 1 is 1.17 bits per heavy atom. The van der Waals surface area contributed by atoms with Crippen LogP contribution in [0.3, 0.4) is 0 Å². The summed E-state index contributed by atoms with van der Waals surface area (Å²) in [6.45, 7) is 8.57. The topological polar surface area (TPSA) is 102 Å². The number of carbonyl (C=O) groups excluding carboxylic acids is 3. The predicted octanol–water partition coefficient (Wildman–Crippen LogP) is 3.73. The van der Waals surface area contributed by atoms with Crippen LogP contribution in [0.5, 0.6) is 0 Å². The zero-order valence-electron chi connectivity index (χ0n) is 19.4. The summed E-state index contributed by atoms with van der Waals surface area (Å²) < 4.78 is 15.5. The Balaban J connectivity index is 1.67. The van der Waals surface area contributed by atoms with Crippen molar-refractivity contribution in [2.75, 3.05) is 13.2 Å². The highest BCUT2D eigenvalue weighted by Gasteiger charge is 2.58. The van der Waals surface area contributed by atoms with E-state index in [0.717, 1.165) is 21.9 Å². The van der Waals surface area contributed by atoms with Gasteiger partial charge in [-0.1, -0.05) is 55.6 Å². The molecule has 0 radical (unpaired) electrons. The van der Waals surface area contributed by atoms with Crippen LogP contribution in [-0.2, 0) is 30.4 Å². The Morgan fingerprint density at radius 3 is 2.63 bits per heavy atom. The molecular formula is C27H27NO7. The van der Waals surface area contributed by atoms with E-state index in [1.165, 1.54) is 17.1 Å². The average Bonchev–Trinajstić information content (AvgIpc) is 3.20. The molecule has 2 aliphatic heterocycles. The molecule has 0 bridgehead atoms. The number of ether oxygens (including phenoxy) is 3. The van der Waals surface area contributed by atoms with Gasteiger partial charge < -0.3 is 24.2 Å². The lowest BCUT2D eigenvalue weighted by Crippen LogP contribution is -2.62. The number of aliphatic hydroxyl groups is 1. The highest BCUT2D eigenvalue weighted by Crippen LogP contribution is 2.48. The summed E-state index contributed by atoms with van der Waals surface area (Å²) >= 11 is 0. The molecule has 4 rings (SSSR count). The minimum Gasteiger partial charge on any atom is -0.457 e. The number of fused-ring (bicyclic) bond motifs is 2. The Labute approximate surface area is 203 Å². The fraction of sp³-hybridized carbons (Fsp3) is 0.296. The van der Waals surface area contributed by atoms with Crippen molar-refractivity contribution in [3.63, 3.8) is 0 Å². The number of β-lactam (4-membered cyclic amide) rings is 1. The summed E-state index contributed by atoms with van der Waals surface area (Å²) in [6.07, 6.45) is 1.63. The molecule has 2 aromatic carbocycles. The Morgan fingerprint density at radius 2 is 1.91 bits per heavy atom. The van der Waals surface area contributed by atoms with E-state index < -0.39 is 24.1 Å². The molecule has 1 fully saturated rings. The first-order valence-electron chi connectivity index (χ1n) is 11.3. The monoisotopic (exact) mass is 477 g/mol. The average molecular weight is 478 g/mol. The summed E-state index contributed by atoms with van der Waals surface area (Å²) in [5.74, 6) is -1.57. The standard InChI is InChI=1S/C27H27NO7/c1-4-11-33-26(31)24-21(18-10-9-17-7-6-8-19(15-29)20(17)13-18)14-22-23(25(30)28(22)24)16(3)35-27(32)34-12-5-2/h4-10,13,16,22-23,29H,1-2,11-12,14-15H2,3H3/t16-,22-,23-/m1/s1. The van der Waals surface area contributed by atoms with Crippen molar-refractivity contribution in [2.45, 2.75) is 32.1 Å². The van der Waals surface area contributed by atoms with Crippen LogP contribution in [0.4, 0.5) is 4.79 Å². The van der Waals surface area contributed by atoms with E-state index in [1.807, 2.05) is 36.4 Å². The lowest BCUT2D eigenvalue weighted by atomic mass is 9.82. The van der Waals surface area contributed by atoms with E-state index in [1.54, 1.807) is 6.92 Å². The lowest BCUT2D eigenvalue weighted by molar-refractivity contribution is -0.162. The summed E-state index contributed by atoms with van der Waals surface area (Å²) in [5.41, 5.74) is 2.36. The maximum Gasteiger partial charge on any atom is 0.508 e. The lowest BCUT2D eigenvalue weighted by Gasteiger charge is -2.45. The van der Waals surface area contributed by atoms with Gasteiger partial charge in [0, 0.05) is 0 Å². The minimum absolute atomic E-state index is 0.00249. The van der Waals surface area contributed by atoms with Crippen molar-refractivity contribution in [1.29, 1.82) is 0 Å². The van der Waals surface area contributed by atoms with E-state index in [-0.39, 0.29) is 37.5 Å². The number of hydrogen-bond donors (Lipinski definition) is 1. The third-order valence-corrected chi connectivity index (χ3v) is 6.33. The van der Waals surface area contributed by atoms with Gasteiger partial charge in [-0.15, -0.1) is 0 Å². The van der Waals surface area contributed by atoms with Crippen LogP contribution < -0.4 is 0 Å². The maximum atomic E-state index is 13.1. The van der Waals surface area contributed by atoms with Gasteiger partial charge in [0.1, 0.15) is 25.0 Å². The zero-order chi connectivity index (χ0) is 25.1. The molecule has 1 saturated heterocycles. The molecule has 2 heterocycles. The second-order valence-electron chi connectivity index (χ2n) is 8.40. The molecule has 0 aromatic heterocycles. The van der Waals surface area contributed by atoms with E-state index >= 15 is 0 Å². The molecule has 0 spiro atoms. The molecule has 2 aromatic rings. The van der Waals surface area contributed by atoms with E-state index in [2.05, 4.69) is 13.2 Å². The van der Waals surface area contributed by atoms with Crippen LogP contribution in [0.1, 0.15) is 24.5 Å². The first-order valence-corrected chi connectivity index (χ1v) is 11.3. The SMILES string of the molecule is C=CCOC(=O)O[C@H](C)[C@H]1C(=O)N2C(C(=O)OCC=C)=C(c3ccc4cccc(CO)c4c3)C[C@H]12. The Bertz CT molecular complexity index is 1230. The molecule has 182 valence electrons. The number of aliphatic hydroxyl groups excluding tert-OH is 1. The number of rotatable bonds is 9. The van der Waals surface area contributed by atoms with Crippen LogP contribution >= 0.6 is 0 Å². The third-order valence-electron chi connectivity index (χ3n) is 6.33. The maximum absolute atomic E-state index is 13.1. The quantitative estimate of drug-likeness (QED) is 0.334. The van der Waals surface area contributed by atoms with Gasteiger partial charge in [0.05, 0.1) is 18.6 Å². The van der Waals surface area contributed by atoms with E-state index in [9.17, 15) is 19.5 Å². The first kappa shape index (κ1) is 24.2. The number of esters is 1. The summed E-state index contributed by atoms with van der Waals surface area (Å²) in [7, 11) is 0. The number of amides is 1. The van der Waals surface area contributed by atoms with Crippen LogP contribution in [0.2, 0.25) is 0 Å². The summed E-state index contributed by atoms with van der Waals surface area (Å²) in [6, 6.07) is 11.0. The smallest absolute Gasteiger partial charge is 0.457 e. The van der Waals surface area contributed by atoms with Crippen molar-refractivity contribution < 1.29 is 33.7 Å². The number of carbonyl (C=O) groups is 3. The number of hydrogen-bond acceptors (Lipinski definition) is 7. The highest BCUT2D eigenvalue weighted by atomic mass is 16.7. The van der Waals surface area contributed by atoms with Gasteiger partial charge in [0.15, 0.2) is 0 Å². The number of benzene rings is 2. The van der Waals surface area contributed by atoms with Crippen molar-refractivity contribution >= 4 is 34.4 Å². The van der Waals surface area contributed by atoms with Gasteiger partial charge in [-0.3, -0.25) is 4.79 Å². The number of nitrogens with zero attached hydrogens (tertiary/aromatic N) is 1. The minimum atomic E-state index is -0.883. The summed E-state index contributed by atoms with van der Waals surface area (Å²) in [5, 5.41) is 11.6. The molecule has 3 atom stereocenters. The van der Waals surface area contributed by atoms with Gasteiger partial charge in [0.2, 0.25) is 5.91 Å².